The van der Waals surface area contributed by atoms with E-state index in [0.717, 1.165) is 54.6 Å². The van der Waals surface area contributed by atoms with Crippen LogP contribution in [0.4, 0.5) is 16.3 Å². The van der Waals surface area contributed by atoms with Gasteiger partial charge in [0.1, 0.15) is 5.82 Å². The predicted molar refractivity (Wildman–Crippen MR) is 186 cm³/mol. The van der Waals surface area contributed by atoms with Crippen molar-refractivity contribution in [3.05, 3.63) is 101 Å². The van der Waals surface area contributed by atoms with Crippen LogP contribution in [0.2, 0.25) is 0 Å². The molecule has 0 saturated carbocycles. The smallest absolute Gasteiger partial charge is 0.339 e. The number of sulfonamides is 1. The molecule has 2 bridgehead atoms. The molecule has 2 fully saturated rings. The van der Waals surface area contributed by atoms with Gasteiger partial charge in [-0.25, -0.2) is 22.7 Å². The molecule has 252 valence electrons. The van der Waals surface area contributed by atoms with Crippen LogP contribution >= 0.6 is 0 Å². The lowest BCUT2D eigenvalue weighted by Crippen LogP contribution is -2.47. The zero-order valence-corrected chi connectivity index (χ0v) is 28.9. The molecule has 3 heterocycles. The first kappa shape index (κ1) is 33.4. The first-order valence-corrected chi connectivity index (χ1v) is 17.8. The van der Waals surface area contributed by atoms with E-state index < -0.39 is 16.0 Å². The maximum atomic E-state index is 13.9. The third-order valence-electron chi connectivity index (χ3n) is 9.32. The zero-order valence-electron chi connectivity index (χ0n) is 28.1. The van der Waals surface area contributed by atoms with Gasteiger partial charge < -0.3 is 10.1 Å². The molecule has 0 radical (unpaired) electrons. The van der Waals surface area contributed by atoms with Gasteiger partial charge in [0.05, 0.1) is 29.0 Å². The molecule has 1 aromatic heterocycles. The summed E-state index contributed by atoms with van der Waals surface area (Å²) in [7, 11) is -2.63. The molecule has 6 rings (SSSR count). The summed E-state index contributed by atoms with van der Waals surface area (Å²) in [5.41, 5.74) is 4.46. The number of aromatic nitrogens is 2. The highest BCUT2D eigenvalue weighted by molar-refractivity contribution is 7.89. The molecule has 2 amide bonds. The summed E-state index contributed by atoms with van der Waals surface area (Å²) in [6, 6.07) is 23.3. The first-order valence-electron chi connectivity index (χ1n) is 16.4. The number of rotatable bonds is 8. The maximum Gasteiger partial charge on any atom is 0.339 e. The Hall–Kier alpha value is -4.48. The van der Waals surface area contributed by atoms with Crippen LogP contribution in [0.5, 0.6) is 0 Å². The van der Waals surface area contributed by atoms with Crippen molar-refractivity contribution in [3.8, 4) is 5.69 Å². The number of benzene rings is 3. The fourth-order valence-corrected chi connectivity index (χ4v) is 9.07. The van der Waals surface area contributed by atoms with Gasteiger partial charge in [-0.1, -0.05) is 62.7 Å². The van der Waals surface area contributed by atoms with Gasteiger partial charge in [0, 0.05) is 29.3 Å². The van der Waals surface area contributed by atoms with Gasteiger partial charge in [0.15, 0.2) is 0 Å². The summed E-state index contributed by atoms with van der Waals surface area (Å²) in [6.45, 7) is 8.29. The molecule has 2 aliphatic heterocycles. The number of hydrogen-bond donors (Lipinski definition) is 2. The largest absolute Gasteiger partial charge is 0.465 e. The van der Waals surface area contributed by atoms with Gasteiger partial charge in [-0.05, 0) is 86.9 Å². The van der Waals surface area contributed by atoms with E-state index in [1.807, 2.05) is 61.5 Å². The highest BCUT2D eigenvalue weighted by Crippen LogP contribution is 2.43. The molecular weight excluding hydrogens is 627 g/mol. The van der Waals surface area contributed by atoms with Crippen molar-refractivity contribution in [1.29, 1.82) is 0 Å². The number of piperidine rings is 1. The molecule has 2 atom stereocenters. The number of carbonyl (C=O) groups is 2. The number of aryl methyl sites for hydroxylation is 1. The van der Waals surface area contributed by atoms with Crippen molar-refractivity contribution in [2.75, 3.05) is 17.7 Å². The first-order chi connectivity index (χ1) is 22.8. The number of methoxy groups -OCH3 is 1. The molecular formula is C37H43N5O5S. The number of carbonyl (C=O) groups excluding carboxylic acids is 2. The molecule has 3 aromatic carbocycles. The number of fused-ring (bicyclic) bond motifs is 2. The van der Waals surface area contributed by atoms with Crippen LogP contribution in [0.25, 0.3) is 5.69 Å². The van der Waals surface area contributed by atoms with Crippen LogP contribution in [0.15, 0.2) is 83.8 Å². The number of amides is 2. The van der Waals surface area contributed by atoms with Crippen LogP contribution in [0.3, 0.4) is 0 Å². The Labute approximate surface area is 282 Å². The summed E-state index contributed by atoms with van der Waals surface area (Å²) < 4.78 is 36.0. The highest BCUT2D eigenvalue weighted by Gasteiger charge is 2.47. The lowest BCUT2D eigenvalue weighted by molar-refractivity contribution is 0.0595. The summed E-state index contributed by atoms with van der Waals surface area (Å²) in [5.74, 6) is 0.197. The van der Waals surface area contributed by atoms with Crippen molar-refractivity contribution in [2.45, 2.75) is 82.2 Å². The number of nitrogens with zero attached hydrogens (tertiary/aromatic N) is 3. The lowest BCUT2D eigenvalue weighted by atomic mass is 9.87. The van der Waals surface area contributed by atoms with E-state index in [-0.39, 0.29) is 39.9 Å². The Morgan fingerprint density at radius 2 is 1.60 bits per heavy atom. The minimum Gasteiger partial charge on any atom is -0.465 e. The van der Waals surface area contributed by atoms with E-state index in [4.69, 9.17) is 9.84 Å². The fraction of sp³-hybridized carbons (Fsp3) is 0.378. The van der Waals surface area contributed by atoms with Crippen LogP contribution in [0, 0.1) is 12.8 Å². The number of urea groups is 1. The van der Waals surface area contributed by atoms with Crippen molar-refractivity contribution >= 4 is 33.5 Å². The Kier molecular flexibility index (Phi) is 9.19. The van der Waals surface area contributed by atoms with Crippen molar-refractivity contribution < 1.29 is 22.7 Å². The van der Waals surface area contributed by atoms with E-state index in [2.05, 4.69) is 31.4 Å². The number of ether oxygens (including phenoxy) is 1. The predicted octanol–water partition coefficient (Wildman–Crippen LogP) is 7.08. The van der Waals surface area contributed by atoms with Crippen LogP contribution in [0.1, 0.15) is 73.6 Å². The monoisotopic (exact) mass is 669 g/mol. The Morgan fingerprint density at radius 1 is 0.917 bits per heavy atom. The Balaban J connectivity index is 1.13. The minimum absolute atomic E-state index is 0.000739. The van der Waals surface area contributed by atoms with E-state index in [9.17, 15) is 18.0 Å². The van der Waals surface area contributed by atoms with Gasteiger partial charge in [0.25, 0.3) is 0 Å². The second-order valence-electron chi connectivity index (χ2n) is 13.9. The Morgan fingerprint density at radius 3 is 2.27 bits per heavy atom. The SMILES string of the molecule is COC(=O)c1ccccc1S(=O)(=O)N1C2CCC1CC(Cc1cccc(NC(=O)Nc3cc(C(C)(C)C)nn3-c3ccc(C)cc3)c1)C2. The second kappa shape index (κ2) is 13.2. The number of anilines is 2. The topological polar surface area (TPSA) is 123 Å². The van der Waals surface area contributed by atoms with E-state index in [1.54, 1.807) is 21.1 Å². The standard InChI is InChI=1S/C37H43N5O5S/c1-24-13-15-28(16-14-24)41-34(23-33(40-41)37(2,3)4)39-36(44)38-27-10-8-9-25(20-27)19-26-21-29-17-18-30(22-26)42(29)48(45,46)32-12-7-6-11-31(32)35(43)47-5/h6-16,20,23,26,29-30H,17-19,21-22H2,1-5H3,(H2,38,39,44). The number of nitrogens with one attached hydrogen (secondary N) is 2. The average Bonchev–Trinajstić information content (AvgIpc) is 3.60. The molecule has 2 unspecified atom stereocenters. The molecule has 2 saturated heterocycles. The van der Waals surface area contributed by atoms with E-state index in [1.165, 1.54) is 19.2 Å². The van der Waals surface area contributed by atoms with Gasteiger partial charge in [-0.3, -0.25) is 5.32 Å². The normalized spacial score (nSPS) is 19.6. The summed E-state index contributed by atoms with van der Waals surface area (Å²) >= 11 is 0. The van der Waals surface area contributed by atoms with Gasteiger partial charge in [-0.15, -0.1) is 0 Å². The lowest BCUT2D eigenvalue weighted by Gasteiger charge is -2.38. The zero-order chi connectivity index (χ0) is 34.2. The molecule has 2 aliphatic rings. The average molecular weight is 670 g/mol. The van der Waals surface area contributed by atoms with Gasteiger partial charge in [-0.2, -0.15) is 9.40 Å². The molecule has 0 aliphatic carbocycles. The third kappa shape index (κ3) is 6.88. The summed E-state index contributed by atoms with van der Waals surface area (Å²) in [6.07, 6.45) is 3.81. The van der Waals surface area contributed by atoms with Gasteiger partial charge in [0.2, 0.25) is 10.0 Å². The molecule has 2 N–H and O–H groups in total. The molecule has 11 heteroatoms. The maximum absolute atomic E-state index is 13.9. The number of hydrogen-bond acceptors (Lipinski definition) is 6. The van der Waals surface area contributed by atoms with Crippen LogP contribution < -0.4 is 10.6 Å². The third-order valence-corrected chi connectivity index (χ3v) is 11.4. The fourth-order valence-electron chi connectivity index (χ4n) is 7.00. The molecule has 4 aromatic rings. The van der Waals surface area contributed by atoms with Crippen molar-refractivity contribution in [3.63, 3.8) is 0 Å². The summed E-state index contributed by atoms with van der Waals surface area (Å²) in [5, 5.41) is 10.8. The van der Waals surface area contributed by atoms with Crippen molar-refractivity contribution in [1.82, 2.24) is 14.1 Å². The van der Waals surface area contributed by atoms with E-state index >= 15 is 0 Å². The molecule has 0 spiro atoms. The Bertz CT molecular complexity index is 1920. The minimum atomic E-state index is -3.88. The van der Waals surface area contributed by atoms with Crippen molar-refractivity contribution in [2.24, 2.45) is 5.92 Å². The quantitative estimate of drug-likeness (QED) is 0.193. The number of esters is 1. The van der Waals surface area contributed by atoms with Gasteiger partial charge >= 0.3 is 12.0 Å². The summed E-state index contributed by atoms with van der Waals surface area (Å²) in [4.78, 5) is 25.6. The van der Waals surface area contributed by atoms with E-state index in [0.29, 0.717) is 11.5 Å². The van der Waals surface area contributed by atoms with Crippen LogP contribution in [-0.2, 0) is 26.6 Å². The van der Waals surface area contributed by atoms with Crippen LogP contribution in [-0.4, -0.2) is 53.7 Å². The molecule has 48 heavy (non-hydrogen) atoms. The molecule has 10 nitrogen and oxygen atoms in total. The highest BCUT2D eigenvalue weighted by atomic mass is 32.2. The second-order valence-corrected chi connectivity index (χ2v) is 15.8.